The lowest BCUT2D eigenvalue weighted by atomic mass is 10.2. The normalized spacial score (nSPS) is 11.4. The van der Waals surface area contributed by atoms with Crippen molar-refractivity contribution in [2.45, 2.75) is 32.7 Å². The summed E-state index contributed by atoms with van der Waals surface area (Å²) < 4.78 is 8.23. The van der Waals surface area contributed by atoms with Crippen LogP contribution >= 0.6 is 0 Å². The van der Waals surface area contributed by atoms with Crippen LogP contribution in [0.15, 0.2) is 39.0 Å². The Kier molecular flexibility index (Phi) is 5.93. The van der Waals surface area contributed by atoms with Gasteiger partial charge in [-0.05, 0) is 36.2 Å². The van der Waals surface area contributed by atoms with Gasteiger partial charge in [-0.3, -0.25) is 14.3 Å². The lowest BCUT2D eigenvalue weighted by Gasteiger charge is -2.07. The number of unbranched alkanes of at least 4 members (excludes halogenated alkanes) is 2. The molecule has 0 bridgehead atoms. The number of benzene rings is 1. The molecule has 2 N–H and O–H groups in total. The van der Waals surface area contributed by atoms with Crippen LogP contribution in [-0.4, -0.2) is 32.4 Å². The largest absolute Gasteiger partial charge is 0.497 e. The van der Waals surface area contributed by atoms with Crippen molar-refractivity contribution in [1.82, 2.24) is 19.1 Å². The number of H-pyrrole nitrogens is 1. The highest BCUT2D eigenvalue weighted by Gasteiger charge is 2.16. The predicted octanol–water partition coefficient (Wildman–Crippen LogP) is 2.07. The summed E-state index contributed by atoms with van der Waals surface area (Å²) in [6, 6.07) is 7.44. The number of hydrogen-bond acceptors (Lipinski definition) is 6. The van der Waals surface area contributed by atoms with Gasteiger partial charge in [-0.15, -0.1) is 0 Å². The average Bonchev–Trinajstić information content (AvgIpc) is 3.06. The smallest absolute Gasteiger partial charge is 0.329 e. The highest BCUT2D eigenvalue weighted by atomic mass is 16.5. The molecule has 0 saturated carbocycles. The van der Waals surface area contributed by atoms with E-state index in [4.69, 9.17) is 4.74 Å². The van der Waals surface area contributed by atoms with Crippen LogP contribution < -0.4 is 21.4 Å². The van der Waals surface area contributed by atoms with E-state index >= 15 is 0 Å². The molecule has 3 aromatic rings. The third-order valence-electron chi connectivity index (χ3n) is 4.49. The lowest BCUT2D eigenvalue weighted by Crippen LogP contribution is -2.29. The molecule has 0 aliphatic carbocycles. The summed E-state index contributed by atoms with van der Waals surface area (Å²) in [6.07, 6.45) is 4.62. The van der Waals surface area contributed by atoms with Gasteiger partial charge in [0.15, 0.2) is 11.2 Å². The summed E-state index contributed by atoms with van der Waals surface area (Å²) in [5.41, 5.74) is 3.53. The van der Waals surface area contributed by atoms with Crippen molar-refractivity contribution in [3.05, 3.63) is 50.7 Å². The maximum Gasteiger partial charge on any atom is 0.329 e. The first-order valence-corrected chi connectivity index (χ1v) is 9.17. The Bertz CT molecular complexity index is 1090. The van der Waals surface area contributed by atoms with Crippen LogP contribution in [-0.2, 0) is 13.6 Å². The molecule has 1 aromatic carbocycles. The topological polar surface area (TPSA) is 106 Å². The first-order valence-electron chi connectivity index (χ1n) is 9.17. The number of hydrazone groups is 1. The number of aryl methyl sites for hydroxylation is 2. The maximum absolute atomic E-state index is 12.4. The number of hydrogen-bond donors (Lipinski definition) is 2. The van der Waals surface area contributed by atoms with Gasteiger partial charge in [0.2, 0.25) is 5.95 Å². The number of methoxy groups -OCH3 is 1. The zero-order valence-electron chi connectivity index (χ0n) is 16.2. The van der Waals surface area contributed by atoms with Crippen molar-refractivity contribution >= 4 is 23.3 Å². The molecule has 0 radical (unpaired) electrons. The molecule has 2 heterocycles. The van der Waals surface area contributed by atoms with Crippen molar-refractivity contribution in [3.8, 4) is 5.75 Å². The summed E-state index contributed by atoms with van der Waals surface area (Å²) >= 11 is 0. The summed E-state index contributed by atoms with van der Waals surface area (Å²) in [5, 5.41) is 4.23. The first-order chi connectivity index (χ1) is 13.5. The number of ether oxygens (including phenoxy) is 1. The van der Waals surface area contributed by atoms with Crippen LogP contribution in [0.25, 0.3) is 11.2 Å². The van der Waals surface area contributed by atoms with Crippen LogP contribution in [0.4, 0.5) is 5.95 Å². The van der Waals surface area contributed by atoms with E-state index in [1.807, 2.05) is 24.3 Å². The van der Waals surface area contributed by atoms with E-state index in [1.165, 1.54) is 4.57 Å². The second kappa shape index (κ2) is 8.55. The highest BCUT2D eigenvalue weighted by Crippen LogP contribution is 2.17. The molecule has 0 unspecified atom stereocenters. The number of anilines is 1. The first kappa shape index (κ1) is 19.4. The molecule has 0 atom stereocenters. The number of fused-ring (bicyclic) bond motifs is 1. The zero-order chi connectivity index (χ0) is 20.1. The van der Waals surface area contributed by atoms with Gasteiger partial charge in [0.1, 0.15) is 5.75 Å². The Hall–Kier alpha value is -3.36. The van der Waals surface area contributed by atoms with E-state index in [0.717, 1.165) is 30.6 Å². The molecule has 28 heavy (non-hydrogen) atoms. The number of aromatic amines is 1. The van der Waals surface area contributed by atoms with E-state index in [1.54, 1.807) is 24.9 Å². The van der Waals surface area contributed by atoms with Crippen molar-refractivity contribution in [2.24, 2.45) is 12.1 Å². The molecular weight excluding hydrogens is 360 g/mol. The Labute approximate surface area is 161 Å². The van der Waals surface area contributed by atoms with E-state index < -0.39 is 11.2 Å². The van der Waals surface area contributed by atoms with Gasteiger partial charge < -0.3 is 9.30 Å². The predicted molar refractivity (Wildman–Crippen MR) is 109 cm³/mol. The molecule has 148 valence electrons. The molecule has 9 heteroatoms. The molecule has 0 aliphatic rings. The van der Waals surface area contributed by atoms with Crippen molar-refractivity contribution in [3.63, 3.8) is 0 Å². The highest BCUT2D eigenvalue weighted by molar-refractivity contribution is 5.80. The molecule has 2 aromatic heterocycles. The summed E-state index contributed by atoms with van der Waals surface area (Å²) in [7, 11) is 3.19. The minimum atomic E-state index is -0.496. The van der Waals surface area contributed by atoms with Crippen LogP contribution in [0, 0.1) is 0 Å². The molecule has 0 saturated heterocycles. The van der Waals surface area contributed by atoms with Gasteiger partial charge in [0.05, 0.1) is 13.3 Å². The quantitative estimate of drug-likeness (QED) is 0.351. The summed E-state index contributed by atoms with van der Waals surface area (Å²) in [6.45, 7) is 2.72. The second-order valence-electron chi connectivity index (χ2n) is 6.43. The van der Waals surface area contributed by atoms with Gasteiger partial charge in [-0.2, -0.15) is 10.1 Å². The molecule has 0 aliphatic heterocycles. The Morgan fingerprint density at radius 1 is 1.25 bits per heavy atom. The van der Waals surface area contributed by atoms with Gasteiger partial charge in [0, 0.05) is 13.6 Å². The number of imidazole rings is 1. The standard InChI is InChI=1S/C19H24N6O3/c1-4-5-6-11-25-15-16(24(2)19(27)22-17(15)26)21-18(25)23-20-12-13-7-9-14(28-3)10-8-13/h7-10,12H,4-6,11H2,1-3H3,(H,21,23)(H,22,26,27). The van der Waals surface area contributed by atoms with Crippen LogP contribution in [0.5, 0.6) is 5.75 Å². The fourth-order valence-corrected chi connectivity index (χ4v) is 2.91. The van der Waals surface area contributed by atoms with E-state index in [-0.39, 0.29) is 0 Å². The summed E-state index contributed by atoms with van der Waals surface area (Å²) in [4.78, 5) is 31.0. The minimum Gasteiger partial charge on any atom is -0.497 e. The van der Waals surface area contributed by atoms with E-state index in [9.17, 15) is 9.59 Å². The van der Waals surface area contributed by atoms with Crippen LogP contribution in [0.1, 0.15) is 31.7 Å². The average molecular weight is 384 g/mol. The van der Waals surface area contributed by atoms with Gasteiger partial charge in [-0.25, -0.2) is 10.2 Å². The Morgan fingerprint density at radius 3 is 2.68 bits per heavy atom. The minimum absolute atomic E-state index is 0.326. The molecule has 3 rings (SSSR count). The molecule has 0 amide bonds. The molecule has 0 spiro atoms. The van der Waals surface area contributed by atoms with Gasteiger partial charge in [-0.1, -0.05) is 19.8 Å². The zero-order valence-corrected chi connectivity index (χ0v) is 16.2. The summed E-state index contributed by atoms with van der Waals surface area (Å²) in [5.74, 6) is 1.19. The maximum atomic E-state index is 12.4. The lowest BCUT2D eigenvalue weighted by molar-refractivity contribution is 0.415. The van der Waals surface area contributed by atoms with Gasteiger partial charge >= 0.3 is 5.69 Å². The van der Waals surface area contributed by atoms with Gasteiger partial charge in [0.25, 0.3) is 5.56 Å². The fourth-order valence-electron chi connectivity index (χ4n) is 2.91. The van der Waals surface area contributed by atoms with E-state index in [0.29, 0.717) is 23.7 Å². The SMILES string of the molecule is CCCCCn1c(NN=Cc2ccc(OC)cc2)nc2c1c(=O)[nH]c(=O)n2C. The number of nitrogens with zero attached hydrogens (tertiary/aromatic N) is 4. The van der Waals surface area contributed by atoms with Crippen molar-refractivity contribution in [2.75, 3.05) is 12.5 Å². The van der Waals surface area contributed by atoms with Crippen molar-refractivity contribution < 1.29 is 4.74 Å². The second-order valence-corrected chi connectivity index (χ2v) is 6.43. The van der Waals surface area contributed by atoms with Crippen LogP contribution in [0.2, 0.25) is 0 Å². The monoisotopic (exact) mass is 384 g/mol. The molecular formula is C19H24N6O3. The molecule has 0 fully saturated rings. The fraction of sp³-hybridized carbons (Fsp3) is 0.368. The van der Waals surface area contributed by atoms with E-state index in [2.05, 4.69) is 27.4 Å². The van der Waals surface area contributed by atoms with Crippen LogP contribution in [0.3, 0.4) is 0 Å². The number of aromatic nitrogens is 4. The third kappa shape index (κ3) is 3.98. The van der Waals surface area contributed by atoms with Crippen molar-refractivity contribution in [1.29, 1.82) is 0 Å². The number of nitrogens with one attached hydrogen (secondary N) is 2. The third-order valence-corrected chi connectivity index (χ3v) is 4.49. The molecule has 9 nitrogen and oxygen atoms in total. The Morgan fingerprint density at radius 2 is 2.00 bits per heavy atom. The number of rotatable bonds is 8. The Balaban J connectivity index is 1.94.